The van der Waals surface area contributed by atoms with E-state index in [2.05, 4.69) is 54.9 Å². The topological polar surface area (TPSA) is 113 Å². The van der Waals surface area contributed by atoms with Gasteiger partial charge in [0.05, 0.1) is 12.5 Å². The molecule has 33 heavy (non-hydrogen) atoms. The van der Waals surface area contributed by atoms with Gasteiger partial charge in [-0.2, -0.15) is 5.10 Å². The highest BCUT2D eigenvalue weighted by molar-refractivity contribution is 14.0. The van der Waals surface area contributed by atoms with Crippen molar-refractivity contribution in [2.45, 2.75) is 58.3 Å². The van der Waals surface area contributed by atoms with Crippen molar-refractivity contribution >= 4 is 35.8 Å². The van der Waals surface area contributed by atoms with Gasteiger partial charge in [0.25, 0.3) is 0 Å². The number of rotatable bonds is 6. The zero-order chi connectivity index (χ0) is 22.5. The summed E-state index contributed by atoms with van der Waals surface area (Å²) in [5, 5.41) is 11.4. The molecule has 9 nitrogen and oxygen atoms in total. The predicted molar refractivity (Wildman–Crippen MR) is 139 cm³/mol. The Morgan fingerprint density at radius 1 is 1.27 bits per heavy atom. The summed E-state index contributed by atoms with van der Waals surface area (Å²) in [6.07, 6.45) is 3.86. The Hall–Kier alpha value is -2.21. The number of carbonyl (C=O) groups is 1. The van der Waals surface area contributed by atoms with Crippen molar-refractivity contribution < 1.29 is 4.79 Å². The van der Waals surface area contributed by atoms with Crippen molar-refractivity contribution in [2.75, 3.05) is 20.1 Å². The molecule has 1 saturated heterocycles. The standard InChI is InChI=1S/C23H34N8O.HI/c1-16-27-21-9-8-20(15-31(21)29-16)28-23(25-2)26-12-17-5-3-6-18(11-17)13-30-10-4-7-19(14-30)22(24)32;/h3,5-6,11,19-20H,4,7-10,12-15H2,1-2H3,(H2,24,32)(H2,25,26,28);1H. The second-order valence-corrected chi connectivity index (χ2v) is 8.86. The highest BCUT2D eigenvalue weighted by atomic mass is 127. The van der Waals surface area contributed by atoms with Gasteiger partial charge in [0.1, 0.15) is 11.6 Å². The first-order chi connectivity index (χ1) is 15.5. The van der Waals surface area contributed by atoms with Crippen LogP contribution in [0.15, 0.2) is 29.3 Å². The fourth-order valence-corrected chi connectivity index (χ4v) is 4.65. The van der Waals surface area contributed by atoms with Gasteiger partial charge in [-0.1, -0.05) is 24.3 Å². The van der Waals surface area contributed by atoms with Crippen molar-refractivity contribution in [3.8, 4) is 0 Å². The summed E-state index contributed by atoms with van der Waals surface area (Å²) in [5.41, 5.74) is 7.97. The number of benzene rings is 1. The lowest BCUT2D eigenvalue weighted by atomic mass is 9.97. The zero-order valence-corrected chi connectivity index (χ0v) is 21.8. The van der Waals surface area contributed by atoms with Gasteiger partial charge < -0.3 is 16.4 Å². The Balaban J connectivity index is 0.00000306. The molecule has 0 saturated carbocycles. The van der Waals surface area contributed by atoms with E-state index < -0.39 is 0 Å². The number of nitrogens with two attached hydrogens (primary N) is 1. The summed E-state index contributed by atoms with van der Waals surface area (Å²) >= 11 is 0. The minimum absolute atomic E-state index is 0. The summed E-state index contributed by atoms with van der Waals surface area (Å²) < 4.78 is 2.00. The van der Waals surface area contributed by atoms with Gasteiger partial charge in [0, 0.05) is 39.1 Å². The number of hydrogen-bond donors (Lipinski definition) is 3. The first-order valence-electron chi connectivity index (χ1n) is 11.5. The maximum absolute atomic E-state index is 11.6. The lowest BCUT2D eigenvalue weighted by Crippen LogP contribution is -2.46. The Labute approximate surface area is 212 Å². The Kier molecular flexibility index (Phi) is 9.07. The normalized spacial score (nSPS) is 21.1. The van der Waals surface area contributed by atoms with Crippen LogP contribution in [0, 0.1) is 12.8 Å². The average molecular weight is 566 g/mol. The van der Waals surface area contributed by atoms with E-state index in [9.17, 15) is 4.79 Å². The maximum Gasteiger partial charge on any atom is 0.221 e. The van der Waals surface area contributed by atoms with Crippen molar-refractivity contribution in [1.82, 2.24) is 30.3 Å². The molecule has 2 aliphatic rings. The lowest BCUT2D eigenvalue weighted by molar-refractivity contribution is -0.123. The number of aliphatic imine (C=N–C) groups is 1. The molecule has 0 radical (unpaired) electrons. The highest BCUT2D eigenvalue weighted by Gasteiger charge is 2.24. The summed E-state index contributed by atoms with van der Waals surface area (Å²) in [7, 11) is 1.80. The molecule has 2 aromatic rings. The van der Waals surface area contributed by atoms with Crippen LogP contribution >= 0.6 is 24.0 Å². The van der Waals surface area contributed by atoms with Gasteiger partial charge >= 0.3 is 0 Å². The third-order valence-corrected chi connectivity index (χ3v) is 6.29. The number of halogens is 1. The second-order valence-electron chi connectivity index (χ2n) is 8.86. The van der Waals surface area contributed by atoms with Crippen molar-refractivity contribution in [3.05, 3.63) is 47.0 Å². The minimum Gasteiger partial charge on any atom is -0.369 e. The molecule has 3 heterocycles. The quantitative estimate of drug-likeness (QED) is 0.278. The number of piperidine rings is 1. The van der Waals surface area contributed by atoms with Gasteiger partial charge in [-0.3, -0.25) is 14.7 Å². The Bertz CT molecular complexity index is 975. The molecule has 4 rings (SSSR count). The highest BCUT2D eigenvalue weighted by Crippen LogP contribution is 2.19. The Morgan fingerprint density at radius 2 is 2.09 bits per heavy atom. The van der Waals surface area contributed by atoms with Gasteiger partial charge in [0.2, 0.25) is 5.91 Å². The van der Waals surface area contributed by atoms with Crippen LogP contribution in [0.3, 0.4) is 0 Å². The number of likely N-dealkylation sites (tertiary alicyclic amines) is 1. The number of carbonyl (C=O) groups excluding carboxylic acids is 1. The smallest absolute Gasteiger partial charge is 0.221 e. The van der Waals surface area contributed by atoms with Crippen molar-refractivity contribution in [3.63, 3.8) is 0 Å². The van der Waals surface area contributed by atoms with Crippen LogP contribution in [-0.4, -0.2) is 57.7 Å². The third kappa shape index (κ3) is 6.89. The number of hydrogen-bond acceptors (Lipinski definition) is 5. The summed E-state index contributed by atoms with van der Waals surface area (Å²) in [4.78, 5) is 22.8. The summed E-state index contributed by atoms with van der Waals surface area (Å²) in [5.74, 6) is 2.48. The van der Waals surface area contributed by atoms with E-state index >= 15 is 0 Å². The fraction of sp³-hybridized carbons (Fsp3) is 0.565. The van der Waals surface area contributed by atoms with E-state index in [1.807, 2.05) is 11.6 Å². The number of aromatic nitrogens is 3. The molecule has 1 fully saturated rings. The molecule has 10 heteroatoms. The molecule has 0 spiro atoms. The van der Waals surface area contributed by atoms with Crippen LogP contribution in [-0.2, 0) is 30.8 Å². The third-order valence-electron chi connectivity index (χ3n) is 6.29. The van der Waals surface area contributed by atoms with E-state index in [0.717, 1.165) is 69.5 Å². The molecule has 0 bridgehead atoms. The molecule has 2 atom stereocenters. The first-order valence-corrected chi connectivity index (χ1v) is 11.5. The van der Waals surface area contributed by atoms with Crippen molar-refractivity contribution in [1.29, 1.82) is 0 Å². The molecule has 0 aliphatic carbocycles. The largest absolute Gasteiger partial charge is 0.369 e. The number of amides is 1. The van der Waals surface area contributed by atoms with Crippen LogP contribution in [0.2, 0.25) is 0 Å². The monoisotopic (exact) mass is 566 g/mol. The van der Waals surface area contributed by atoms with Gasteiger partial charge in [-0.25, -0.2) is 9.67 Å². The minimum atomic E-state index is -0.181. The van der Waals surface area contributed by atoms with Crippen LogP contribution in [0.4, 0.5) is 0 Å². The van der Waals surface area contributed by atoms with Crippen LogP contribution in [0.5, 0.6) is 0 Å². The van der Waals surface area contributed by atoms with Gasteiger partial charge in [-0.15, -0.1) is 24.0 Å². The molecule has 2 aliphatic heterocycles. The molecule has 1 aromatic carbocycles. The molecule has 180 valence electrons. The van der Waals surface area contributed by atoms with Crippen molar-refractivity contribution in [2.24, 2.45) is 16.6 Å². The molecule has 1 amide bonds. The number of guanidine groups is 1. The van der Waals surface area contributed by atoms with E-state index in [0.29, 0.717) is 6.54 Å². The van der Waals surface area contributed by atoms with E-state index in [-0.39, 0.29) is 41.8 Å². The fourth-order valence-electron chi connectivity index (χ4n) is 4.65. The lowest BCUT2D eigenvalue weighted by Gasteiger charge is -2.31. The van der Waals surface area contributed by atoms with Crippen LogP contribution in [0.25, 0.3) is 0 Å². The average Bonchev–Trinajstić information content (AvgIpc) is 3.16. The number of primary amides is 1. The van der Waals surface area contributed by atoms with E-state index in [1.165, 1.54) is 11.1 Å². The second kappa shape index (κ2) is 11.8. The molecule has 2 unspecified atom stereocenters. The molecule has 1 aromatic heterocycles. The number of fused-ring (bicyclic) bond motifs is 1. The van der Waals surface area contributed by atoms with Crippen LogP contribution in [0.1, 0.15) is 42.0 Å². The number of nitrogens with zero attached hydrogens (tertiary/aromatic N) is 5. The predicted octanol–water partition coefficient (Wildman–Crippen LogP) is 1.58. The number of nitrogens with one attached hydrogen (secondary N) is 2. The summed E-state index contributed by atoms with van der Waals surface area (Å²) in [6, 6.07) is 8.85. The molecular weight excluding hydrogens is 531 g/mol. The summed E-state index contributed by atoms with van der Waals surface area (Å²) in [6.45, 7) is 6.03. The maximum atomic E-state index is 11.6. The molecular formula is C23H35IN8O. The Morgan fingerprint density at radius 3 is 2.88 bits per heavy atom. The van der Waals surface area contributed by atoms with Gasteiger partial charge in [0.15, 0.2) is 5.96 Å². The van der Waals surface area contributed by atoms with E-state index in [1.54, 1.807) is 7.05 Å². The van der Waals surface area contributed by atoms with Crippen LogP contribution < -0.4 is 16.4 Å². The first kappa shape index (κ1) is 25.4. The van der Waals surface area contributed by atoms with E-state index in [4.69, 9.17) is 5.73 Å². The number of aryl methyl sites for hydroxylation is 2. The molecule has 4 N–H and O–H groups in total. The zero-order valence-electron chi connectivity index (χ0n) is 19.5. The van der Waals surface area contributed by atoms with Gasteiger partial charge in [-0.05, 0) is 43.9 Å². The SMILES string of the molecule is CN=C(NCc1cccc(CN2CCCC(C(N)=O)C2)c1)NC1CCc2nc(C)nn2C1.I.